The number of carbonyl (C=O) groups is 3. The largest absolute Gasteiger partial charge is 0.443 e. The van der Waals surface area contributed by atoms with Gasteiger partial charge in [-0.2, -0.15) is 39.5 Å². The van der Waals surface area contributed by atoms with Gasteiger partial charge in [-0.25, -0.2) is 0 Å². The normalized spacial score (nSPS) is 37.1. The lowest BCUT2D eigenvalue weighted by atomic mass is 9.74. The fraction of sp³-hybridized carbons (Fsp3) is 0.972. The summed E-state index contributed by atoms with van der Waals surface area (Å²) in [5.74, 6) is -6.35. The van der Waals surface area contributed by atoms with Crippen molar-refractivity contribution in [2.75, 3.05) is 0 Å². The Morgan fingerprint density at radius 2 is 0.439 bits per heavy atom. The molecule has 5 unspecified atom stereocenters. The van der Waals surface area contributed by atoms with Gasteiger partial charge >= 0.3 is 18.5 Å². The van der Waals surface area contributed by atoms with Crippen molar-refractivity contribution >= 4 is 72.8 Å². The average molecular weight is 1990 g/mol. The molecule has 0 aromatic rings. The van der Waals surface area contributed by atoms with Gasteiger partial charge in [0.2, 0.25) is 0 Å². The second-order valence-corrected chi connectivity index (χ2v) is 83.0. The Kier molecular flexibility index (Phi) is 29.4. The number of rotatable bonds is 0. The molecule has 0 aromatic carbocycles. The maximum Gasteiger partial charge on any atom is 0.443 e. The summed E-state index contributed by atoms with van der Waals surface area (Å²) in [7, 11) is -2.13. The molecular formula is C109H182F9O7P7. The highest BCUT2D eigenvalue weighted by molar-refractivity contribution is 7.65. The fourth-order valence-electron chi connectivity index (χ4n) is 36.6. The van der Waals surface area contributed by atoms with E-state index in [0.29, 0.717) is 102 Å². The van der Waals surface area contributed by atoms with E-state index in [-0.39, 0.29) is 47.5 Å². The smallest absolute Gasteiger partial charge is 0.375 e. The quantitative estimate of drug-likeness (QED) is 0.176. The molecule has 0 aromatic heterocycles. The van der Waals surface area contributed by atoms with E-state index in [1.807, 2.05) is 0 Å². The van der Waals surface area contributed by atoms with Crippen LogP contribution in [0, 0.1) is 0 Å². The lowest BCUT2D eigenvalue weighted by Crippen LogP contribution is -2.83. The second kappa shape index (κ2) is 36.1. The molecular weight excluding hydrogens is 1810 g/mol. The van der Waals surface area contributed by atoms with Crippen LogP contribution in [0.3, 0.4) is 0 Å². The van der Waals surface area contributed by atoms with Crippen LogP contribution < -0.4 is 0 Å². The molecule has 23 aliphatic rings. The summed E-state index contributed by atoms with van der Waals surface area (Å²) in [5.41, 5.74) is 0. The van der Waals surface area contributed by atoms with E-state index < -0.39 is 66.7 Å². The maximum absolute atomic E-state index is 14.1. The van der Waals surface area contributed by atoms with Gasteiger partial charge in [-0.15, -0.1) is 0 Å². The van der Waals surface area contributed by atoms with Gasteiger partial charge in [0.1, 0.15) is 17.3 Å². The second-order valence-electron chi connectivity index (χ2n) is 55.6. The minimum absolute atomic E-state index is 0.0222. The molecule has 13 heterocycles. The standard InChI is InChI=1S/C19H35P.C17H29OP.C17H31P.C15H25OP.C14H16F9O3P.C14H25OP.C13H21OP/c1-17(2,3)20-18(11-6-4-7-12-18)15-10-16-19(20)13-8-5-9-14-19;1-15(2,3)19-16(8-4-5-9-16)12-14(18)13-17(19)10-6-7-11-17;1-15(2,3)18-16(9-4-5-10-16)13-8-14-17(18)11-6-7-12-17;1-13(2,3)17-14(6-4-7-14)10-12(16)11-15(17)8-5-9-15;1-7(2,3)27-8(4)5-9(12(15,16)17)25-10(24-8,13(18,19)20)6-11(27,26-9)14(21,22)23;1-12(2,3)16-13(4)6-10-8-14(16,5)9-11(7-13)15-10;1-11(2,3)15-12(4-5-12)8-10(14)9-13(15)6-7-13/h4-16H2,1-3H3;4-13H2,1-3H3;4-14H2,1-3H3;4-11H2,1-3H3;5-6H2,1-4H3;10-11H,6-9H2,1-5H3;4-9H2,1-3H3. The highest BCUT2D eigenvalue weighted by atomic mass is 31.1. The van der Waals surface area contributed by atoms with Crippen LogP contribution in [-0.2, 0) is 33.3 Å². The van der Waals surface area contributed by atoms with Gasteiger partial charge in [0, 0.05) is 44.9 Å². The molecule has 10 saturated carbocycles. The molecule has 23 heteroatoms. The van der Waals surface area contributed by atoms with Crippen molar-refractivity contribution in [1.82, 2.24) is 0 Å². The Hall–Kier alpha value is 1.23. The van der Waals surface area contributed by atoms with Crippen molar-refractivity contribution in [3.63, 3.8) is 0 Å². The van der Waals surface area contributed by atoms with Crippen LogP contribution in [0.1, 0.15) is 513 Å². The highest BCUT2D eigenvalue weighted by Crippen LogP contribution is 2.90. The summed E-state index contributed by atoms with van der Waals surface area (Å²) in [6.07, 6.45) is 53.9. The summed E-state index contributed by atoms with van der Waals surface area (Å²) in [4.78, 5) is 36.5. The number of hydrogen-bond donors (Lipinski definition) is 0. The zero-order chi connectivity index (χ0) is 96.9. The lowest BCUT2D eigenvalue weighted by Gasteiger charge is -2.72. The molecule has 0 radical (unpaired) electrons. The molecule has 5 atom stereocenters. The van der Waals surface area contributed by atoms with E-state index in [9.17, 15) is 53.9 Å². The average Bonchev–Trinajstić information content (AvgIpc) is 1.21. The first-order valence-electron chi connectivity index (χ1n) is 53.6. The third-order valence-corrected chi connectivity index (χ3v) is 68.0. The van der Waals surface area contributed by atoms with Crippen molar-refractivity contribution in [1.29, 1.82) is 0 Å². The van der Waals surface area contributed by atoms with Gasteiger partial charge in [0.25, 0.3) is 11.6 Å². The molecule has 23 fully saturated rings. The van der Waals surface area contributed by atoms with Crippen LogP contribution in [0.25, 0.3) is 0 Å². The topological polar surface area (TPSA) is 88.1 Å². The number of alkyl halides is 9. The predicted octanol–water partition coefficient (Wildman–Crippen LogP) is 36.1. The minimum atomic E-state index is -5.63. The van der Waals surface area contributed by atoms with Crippen molar-refractivity contribution in [2.45, 2.75) is 664 Å². The van der Waals surface area contributed by atoms with E-state index in [1.54, 1.807) is 89.9 Å². The third kappa shape index (κ3) is 19.7. The molecule has 7 nitrogen and oxygen atoms in total. The Morgan fingerprint density at radius 1 is 0.235 bits per heavy atom. The molecule has 13 saturated heterocycles. The summed E-state index contributed by atoms with van der Waals surface area (Å²) < 4.78 is 144. The van der Waals surface area contributed by atoms with Crippen LogP contribution in [0.5, 0.6) is 0 Å². The van der Waals surface area contributed by atoms with Gasteiger partial charge < -0.3 is 18.9 Å². The number of ether oxygens (including phenoxy) is 4. The molecule has 0 amide bonds. The minimum Gasteiger partial charge on any atom is -0.375 e. The Bertz CT molecular complexity index is 3880. The number of halogens is 9. The van der Waals surface area contributed by atoms with E-state index in [2.05, 4.69) is 148 Å². The molecule has 23 rings (SSSR count). The zero-order valence-electron chi connectivity index (χ0n) is 87.2. The first kappa shape index (κ1) is 107. The molecule has 10 aliphatic carbocycles. The van der Waals surface area contributed by atoms with Crippen molar-refractivity contribution in [3.8, 4) is 0 Å². The van der Waals surface area contributed by atoms with Crippen molar-refractivity contribution in [2.24, 2.45) is 0 Å². The zero-order valence-corrected chi connectivity index (χ0v) is 93.5. The number of ketones is 3. The van der Waals surface area contributed by atoms with Crippen LogP contribution in [-0.4, -0.2) is 168 Å². The van der Waals surface area contributed by atoms with Crippen molar-refractivity contribution in [3.05, 3.63) is 0 Å². The van der Waals surface area contributed by atoms with Gasteiger partial charge in [-0.05, 0) is 293 Å². The number of hydrogen-bond acceptors (Lipinski definition) is 7. The van der Waals surface area contributed by atoms with Crippen LogP contribution >= 0.6 is 55.5 Å². The van der Waals surface area contributed by atoms with Gasteiger partial charge in [-0.3, -0.25) is 14.4 Å². The van der Waals surface area contributed by atoms with E-state index in [1.165, 1.54) is 226 Å². The number of Topliss-reactive ketones (excluding diaryl/α,β-unsaturated/α-hetero) is 3. The number of carbonyl (C=O) groups excluding carboxylic acids is 3. The molecule has 8 bridgehead atoms. The fourth-order valence-corrected chi connectivity index (χ4v) is 77.5. The molecule has 758 valence electrons. The van der Waals surface area contributed by atoms with Crippen LogP contribution in [0.4, 0.5) is 39.5 Å². The maximum atomic E-state index is 14.1. The van der Waals surface area contributed by atoms with Gasteiger partial charge in [0.15, 0.2) is 5.34 Å². The van der Waals surface area contributed by atoms with E-state index in [4.69, 9.17) is 9.47 Å². The Morgan fingerprint density at radius 3 is 0.659 bits per heavy atom. The summed E-state index contributed by atoms with van der Waals surface area (Å²) in [6, 6.07) is 0. The van der Waals surface area contributed by atoms with E-state index in [0.717, 1.165) is 66.1 Å². The molecule has 132 heavy (non-hydrogen) atoms. The Balaban J connectivity index is 0.000000119. The Labute approximate surface area is 804 Å². The molecule has 13 aliphatic heterocycles. The van der Waals surface area contributed by atoms with E-state index >= 15 is 0 Å². The predicted molar refractivity (Wildman–Crippen MR) is 542 cm³/mol. The third-order valence-electron chi connectivity index (χ3n) is 37.4. The van der Waals surface area contributed by atoms with Crippen LogP contribution in [0.15, 0.2) is 0 Å². The van der Waals surface area contributed by atoms with Gasteiger partial charge in [-0.1, -0.05) is 322 Å². The van der Waals surface area contributed by atoms with Crippen LogP contribution in [0.2, 0.25) is 0 Å². The molecule has 0 N–H and O–H groups in total. The van der Waals surface area contributed by atoms with Crippen molar-refractivity contribution < 1.29 is 72.8 Å². The summed E-state index contributed by atoms with van der Waals surface area (Å²) >= 11 is 0. The summed E-state index contributed by atoms with van der Waals surface area (Å²) in [5, 5.41) is 2.87. The first-order valence-corrected chi connectivity index (χ1v) is 63.0. The molecule has 10 spiro atoms. The lowest BCUT2D eigenvalue weighted by molar-refractivity contribution is -0.579. The first-order chi connectivity index (χ1) is 60.5. The SMILES string of the molecule is CC(C)(C)P1C2(C)CC3(C(F)(F)F)OC(C(F)(F)F)(CC1(C(F)(F)F)O3)O2.CC(C)(C)P1C2(C)CC3CC1(C)CC(C2)O3.CC(C)(C)P1C2(CC2)CC(=O)CC12CC2.CC(C)(C)P1C2(CCC2)CC(=O)CC12CCC2.CC(C)(C)P1C2(CCCC2)CC(=O)CC12CCCC2.CC(C)(C)P1C2(CCCC2)CCCC12CCCC2.CC(C)(C)P1C2(CCCCC2)CCCC12CCCCC2. The highest BCUT2D eigenvalue weighted by Gasteiger charge is 2.91. The summed E-state index contributed by atoms with van der Waals surface area (Å²) in [6.45, 7) is 54.8. The monoisotopic (exact) mass is 1990 g/mol. The van der Waals surface area contributed by atoms with Gasteiger partial charge in [0.05, 0.1) is 24.0 Å².